The van der Waals surface area contributed by atoms with Crippen LogP contribution in [0.15, 0.2) is 68.8 Å². The number of amides is 1. The van der Waals surface area contributed by atoms with E-state index in [4.69, 9.17) is 4.42 Å². The summed E-state index contributed by atoms with van der Waals surface area (Å²) in [5.41, 5.74) is 3.47. The minimum absolute atomic E-state index is 0.171. The highest BCUT2D eigenvalue weighted by Crippen LogP contribution is 2.27. The molecular weight excluding hydrogens is 344 g/mol. The van der Waals surface area contributed by atoms with Crippen molar-refractivity contribution in [1.29, 1.82) is 0 Å². The molecule has 0 saturated heterocycles. The number of rotatable bonds is 4. The zero-order chi connectivity index (χ0) is 15.4. The highest BCUT2D eigenvalue weighted by molar-refractivity contribution is 9.10. The molecule has 0 aliphatic rings. The number of hydrogen-bond acceptors (Lipinski definition) is 3. The van der Waals surface area contributed by atoms with Crippen LogP contribution in [0.4, 0.5) is 0 Å². The standard InChI is InChI=1S/C17H13BrN2O2/c18-16-8-7-12(14-5-1-2-6-15(14)16)10-17(21)20-19-11-13-4-3-9-22-13/h1-9,11H,10H2,(H,20,21). The quantitative estimate of drug-likeness (QED) is 0.569. The summed E-state index contributed by atoms with van der Waals surface area (Å²) in [6, 6.07) is 15.4. The molecule has 0 radical (unpaired) electrons. The second-order valence-electron chi connectivity index (χ2n) is 4.74. The normalized spacial score (nSPS) is 11.1. The molecule has 0 aliphatic heterocycles. The summed E-state index contributed by atoms with van der Waals surface area (Å²) in [5.74, 6) is 0.421. The third kappa shape index (κ3) is 3.26. The van der Waals surface area contributed by atoms with Crippen molar-refractivity contribution in [2.75, 3.05) is 0 Å². The van der Waals surface area contributed by atoms with Crippen LogP contribution >= 0.6 is 15.9 Å². The molecule has 0 unspecified atom stereocenters. The van der Waals surface area contributed by atoms with Crippen molar-refractivity contribution in [2.24, 2.45) is 5.10 Å². The lowest BCUT2D eigenvalue weighted by molar-refractivity contribution is -0.120. The molecule has 3 rings (SSSR count). The fraction of sp³-hybridized carbons (Fsp3) is 0.0588. The molecule has 1 N–H and O–H groups in total. The molecule has 110 valence electrons. The van der Waals surface area contributed by atoms with E-state index in [-0.39, 0.29) is 12.3 Å². The third-order valence-corrected chi connectivity index (χ3v) is 3.93. The van der Waals surface area contributed by atoms with Gasteiger partial charge in [0.15, 0.2) is 0 Å². The largest absolute Gasteiger partial charge is 0.463 e. The van der Waals surface area contributed by atoms with Gasteiger partial charge in [-0.2, -0.15) is 5.10 Å². The lowest BCUT2D eigenvalue weighted by Crippen LogP contribution is -2.19. The maximum Gasteiger partial charge on any atom is 0.244 e. The SMILES string of the molecule is O=C(Cc1ccc(Br)c2ccccc12)NN=Cc1ccco1. The van der Waals surface area contributed by atoms with Crippen LogP contribution in [0.25, 0.3) is 10.8 Å². The first kappa shape index (κ1) is 14.5. The number of carbonyl (C=O) groups excluding carboxylic acids is 1. The summed E-state index contributed by atoms with van der Waals surface area (Å²) < 4.78 is 6.12. The number of carbonyl (C=O) groups is 1. The van der Waals surface area contributed by atoms with Gasteiger partial charge in [0.05, 0.1) is 18.9 Å². The predicted molar refractivity (Wildman–Crippen MR) is 89.8 cm³/mol. The maximum atomic E-state index is 12.0. The van der Waals surface area contributed by atoms with Crippen LogP contribution < -0.4 is 5.43 Å². The van der Waals surface area contributed by atoms with Gasteiger partial charge in [0, 0.05) is 4.47 Å². The fourth-order valence-electron chi connectivity index (χ4n) is 2.22. The van der Waals surface area contributed by atoms with E-state index in [9.17, 15) is 4.79 Å². The van der Waals surface area contributed by atoms with Crippen LogP contribution in [-0.2, 0) is 11.2 Å². The van der Waals surface area contributed by atoms with E-state index in [1.807, 2.05) is 36.4 Å². The molecule has 5 heteroatoms. The molecule has 0 saturated carbocycles. The van der Waals surface area contributed by atoms with Crippen molar-refractivity contribution >= 4 is 38.8 Å². The van der Waals surface area contributed by atoms with Gasteiger partial charge in [0.1, 0.15) is 5.76 Å². The van der Waals surface area contributed by atoms with Crippen LogP contribution in [0.2, 0.25) is 0 Å². The zero-order valence-corrected chi connectivity index (χ0v) is 13.2. The van der Waals surface area contributed by atoms with Gasteiger partial charge in [0.25, 0.3) is 0 Å². The Labute approximate surface area is 136 Å². The number of halogens is 1. The first-order valence-corrected chi connectivity index (χ1v) is 7.55. The molecule has 2 aromatic carbocycles. The number of hydrogen-bond donors (Lipinski definition) is 1. The van der Waals surface area contributed by atoms with Crippen LogP contribution in [-0.4, -0.2) is 12.1 Å². The van der Waals surface area contributed by atoms with E-state index in [0.29, 0.717) is 5.76 Å². The van der Waals surface area contributed by atoms with Crippen molar-refractivity contribution in [3.63, 3.8) is 0 Å². The Morgan fingerprint density at radius 3 is 2.73 bits per heavy atom. The lowest BCUT2D eigenvalue weighted by atomic mass is 10.0. The molecule has 0 atom stereocenters. The van der Waals surface area contributed by atoms with Crippen LogP contribution in [0.3, 0.4) is 0 Å². The Kier molecular flexibility index (Phi) is 4.34. The highest BCUT2D eigenvalue weighted by Gasteiger charge is 2.08. The summed E-state index contributed by atoms with van der Waals surface area (Å²) >= 11 is 3.53. The van der Waals surface area contributed by atoms with Gasteiger partial charge >= 0.3 is 0 Å². The Balaban J connectivity index is 1.73. The van der Waals surface area contributed by atoms with E-state index in [0.717, 1.165) is 20.8 Å². The van der Waals surface area contributed by atoms with Gasteiger partial charge < -0.3 is 4.42 Å². The topological polar surface area (TPSA) is 54.6 Å². The monoisotopic (exact) mass is 356 g/mol. The van der Waals surface area contributed by atoms with Crippen molar-refractivity contribution in [2.45, 2.75) is 6.42 Å². The smallest absolute Gasteiger partial charge is 0.244 e. The molecule has 22 heavy (non-hydrogen) atoms. The molecule has 0 aliphatic carbocycles. The van der Waals surface area contributed by atoms with Gasteiger partial charge in [0.2, 0.25) is 5.91 Å². The van der Waals surface area contributed by atoms with Gasteiger partial charge in [-0.1, -0.05) is 46.3 Å². The number of benzene rings is 2. The van der Waals surface area contributed by atoms with Gasteiger partial charge in [-0.05, 0) is 34.5 Å². The van der Waals surface area contributed by atoms with Gasteiger partial charge in [-0.25, -0.2) is 5.43 Å². The number of nitrogens with zero attached hydrogens (tertiary/aromatic N) is 1. The van der Waals surface area contributed by atoms with E-state index < -0.39 is 0 Å². The first-order chi connectivity index (χ1) is 10.7. The summed E-state index contributed by atoms with van der Waals surface area (Å²) in [6.45, 7) is 0. The summed E-state index contributed by atoms with van der Waals surface area (Å²) in [7, 11) is 0. The van der Waals surface area contributed by atoms with Crippen molar-refractivity contribution in [1.82, 2.24) is 5.43 Å². The predicted octanol–water partition coefficient (Wildman–Crippen LogP) is 3.89. The van der Waals surface area contributed by atoms with Gasteiger partial charge in [-0.15, -0.1) is 0 Å². The Hall–Kier alpha value is -2.40. The lowest BCUT2D eigenvalue weighted by Gasteiger charge is -2.07. The number of hydrazone groups is 1. The zero-order valence-electron chi connectivity index (χ0n) is 11.6. The molecule has 0 spiro atoms. The minimum atomic E-state index is -0.171. The fourth-order valence-corrected chi connectivity index (χ4v) is 2.70. The summed E-state index contributed by atoms with van der Waals surface area (Å²) in [6.07, 6.45) is 3.29. The summed E-state index contributed by atoms with van der Waals surface area (Å²) in [4.78, 5) is 12.0. The Morgan fingerprint density at radius 2 is 1.95 bits per heavy atom. The second kappa shape index (κ2) is 6.58. The third-order valence-electron chi connectivity index (χ3n) is 3.24. The average molecular weight is 357 g/mol. The second-order valence-corrected chi connectivity index (χ2v) is 5.59. The minimum Gasteiger partial charge on any atom is -0.463 e. The highest BCUT2D eigenvalue weighted by atomic mass is 79.9. The van der Waals surface area contributed by atoms with Crippen LogP contribution in [0.5, 0.6) is 0 Å². The Morgan fingerprint density at radius 1 is 1.14 bits per heavy atom. The maximum absolute atomic E-state index is 12.0. The van der Waals surface area contributed by atoms with E-state index >= 15 is 0 Å². The van der Waals surface area contributed by atoms with Crippen LogP contribution in [0.1, 0.15) is 11.3 Å². The molecule has 0 fully saturated rings. The molecule has 1 heterocycles. The number of furan rings is 1. The number of nitrogens with one attached hydrogen (secondary N) is 1. The van der Waals surface area contributed by atoms with Crippen LogP contribution in [0, 0.1) is 0 Å². The van der Waals surface area contributed by atoms with E-state index in [1.165, 1.54) is 6.21 Å². The number of fused-ring (bicyclic) bond motifs is 1. The molecule has 0 bridgehead atoms. The summed E-state index contributed by atoms with van der Waals surface area (Å²) in [5, 5.41) is 6.03. The van der Waals surface area contributed by atoms with E-state index in [1.54, 1.807) is 18.4 Å². The molecule has 3 aromatic rings. The van der Waals surface area contributed by atoms with Crippen molar-refractivity contribution < 1.29 is 9.21 Å². The molecule has 1 aromatic heterocycles. The van der Waals surface area contributed by atoms with E-state index in [2.05, 4.69) is 26.5 Å². The van der Waals surface area contributed by atoms with Gasteiger partial charge in [-0.3, -0.25) is 4.79 Å². The molecular formula is C17H13BrN2O2. The molecule has 4 nitrogen and oxygen atoms in total. The molecule has 1 amide bonds. The van der Waals surface area contributed by atoms with Crippen molar-refractivity contribution in [3.05, 3.63) is 70.6 Å². The first-order valence-electron chi connectivity index (χ1n) is 6.75. The van der Waals surface area contributed by atoms with Crippen molar-refractivity contribution in [3.8, 4) is 0 Å². The Bertz CT molecular complexity index is 826. The average Bonchev–Trinajstić information content (AvgIpc) is 3.04.